The summed E-state index contributed by atoms with van der Waals surface area (Å²) in [5.74, 6) is 0.276. The van der Waals surface area contributed by atoms with E-state index in [0.717, 1.165) is 0 Å². The average molecular weight is 172 g/mol. The van der Waals surface area contributed by atoms with E-state index in [0.29, 0.717) is 18.8 Å². The van der Waals surface area contributed by atoms with Crippen molar-refractivity contribution < 1.29 is 13.5 Å². The highest BCUT2D eigenvalue weighted by Gasteiger charge is 1.93. The van der Waals surface area contributed by atoms with E-state index in [9.17, 15) is 8.78 Å². The summed E-state index contributed by atoms with van der Waals surface area (Å²) in [5, 5.41) is 0. The van der Waals surface area contributed by atoms with Crippen LogP contribution in [0.3, 0.4) is 0 Å². The van der Waals surface area contributed by atoms with Crippen molar-refractivity contribution >= 4 is 0 Å². The Morgan fingerprint density at radius 1 is 1.17 bits per heavy atom. The van der Waals surface area contributed by atoms with Crippen molar-refractivity contribution in [3.63, 3.8) is 0 Å². The Labute approximate surface area is 70.0 Å². The van der Waals surface area contributed by atoms with Crippen molar-refractivity contribution in [2.75, 3.05) is 13.3 Å². The standard InChI is InChI=1S/C9H10F2O/c10-6-1-7-12-9-4-2-8(11)3-5-9/h2-5H,1,6-7H2. The second-order valence-electron chi connectivity index (χ2n) is 2.34. The first kappa shape index (κ1) is 8.97. The summed E-state index contributed by atoms with van der Waals surface area (Å²) in [7, 11) is 0. The Morgan fingerprint density at radius 2 is 1.83 bits per heavy atom. The minimum atomic E-state index is -0.388. The molecule has 1 rings (SSSR count). The van der Waals surface area contributed by atoms with E-state index < -0.39 is 0 Å². The summed E-state index contributed by atoms with van der Waals surface area (Å²) in [4.78, 5) is 0. The second-order valence-corrected chi connectivity index (χ2v) is 2.34. The van der Waals surface area contributed by atoms with E-state index >= 15 is 0 Å². The van der Waals surface area contributed by atoms with Crippen LogP contribution in [0.25, 0.3) is 0 Å². The number of rotatable bonds is 4. The third kappa shape index (κ3) is 2.86. The SMILES string of the molecule is FCCCOc1ccc(F)cc1. The van der Waals surface area contributed by atoms with E-state index in [2.05, 4.69) is 0 Å². The van der Waals surface area contributed by atoms with Gasteiger partial charge >= 0.3 is 0 Å². The molecule has 1 nitrogen and oxygen atoms in total. The van der Waals surface area contributed by atoms with Crippen molar-refractivity contribution in [1.82, 2.24) is 0 Å². The van der Waals surface area contributed by atoms with Crippen molar-refractivity contribution in [3.05, 3.63) is 30.1 Å². The van der Waals surface area contributed by atoms with Gasteiger partial charge in [0.25, 0.3) is 0 Å². The molecule has 12 heavy (non-hydrogen) atoms. The Kier molecular flexibility index (Phi) is 3.51. The molecule has 0 aliphatic carbocycles. The van der Waals surface area contributed by atoms with Gasteiger partial charge in [0.1, 0.15) is 11.6 Å². The number of hydrogen-bond acceptors (Lipinski definition) is 1. The molecule has 0 saturated heterocycles. The predicted molar refractivity (Wildman–Crippen MR) is 42.5 cm³/mol. The largest absolute Gasteiger partial charge is 0.493 e. The molecule has 1 aromatic carbocycles. The number of benzene rings is 1. The lowest BCUT2D eigenvalue weighted by Gasteiger charge is -2.03. The zero-order chi connectivity index (χ0) is 8.81. The molecule has 0 aliphatic heterocycles. The van der Waals surface area contributed by atoms with Crippen molar-refractivity contribution in [2.24, 2.45) is 0 Å². The molecule has 0 heterocycles. The fourth-order valence-electron chi connectivity index (χ4n) is 0.775. The van der Waals surface area contributed by atoms with Crippen LogP contribution in [0.5, 0.6) is 5.75 Å². The van der Waals surface area contributed by atoms with Gasteiger partial charge in [-0.25, -0.2) is 4.39 Å². The van der Waals surface area contributed by atoms with Gasteiger partial charge in [0.2, 0.25) is 0 Å². The maximum Gasteiger partial charge on any atom is 0.123 e. The first-order valence-electron chi connectivity index (χ1n) is 3.77. The van der Waals surface area contributed by atoms with Gasteiger partial charge in [-0.15, -0.1) is 0 Å². The highest BCUT2D eigenvalue weighted by Crippen LogP contribution is 2.10. The molecule has 0 spiro atoms. The highest BCUT2D eigenvalue weighted by molar-refractivity contribution is 5.21. The monoisotopic (exact) mass is 172 g/mol. The zero-order valence-corrected chi connectivity index (χ0v) is 6.59. The summed E-state index contributed by atoms with van der Waals surface area (Å²) >= 11 is 0. The van der Waals surface area contributed by atoms with Gasteiger partial charge in [-0.05, 0) is 24.3 Å². The first-order chi connectivity index (χ1) is 5.83. The van der Waals surface area contributed by atoms with E-state index in [1.165, 1.54) is 24.3 Å². The molecular formula is C9H10F2O. The molecule has 0 amide bonds. The molecule has 1 aromatic rings. The van der Waals surface area contributed by atoms with Crippen LogP contribution in [0.1, 0.15) is 6.42 Å². The van der Waals surface area contributed by atoms with Crippen LogP contribution in [0.4, 0.5) is 8.78 Å². The molecule has 0 aliphatic rings. The van der Waals surface area contributed by atoms with Crippen molar-refractivity contribution in [3.8, 4) is 5.75 Å². The smallest absolute Gasteiger partial charge is 0.123 e. The number of alkyl halides is 1. The Bertz CT molecular complexity index is 220. The van der Waals surface area contributed by atoms with Gasteiger partial charge in [-0.2, -0.15) is 0 Å². The van der Waals surface area contributed by atoms with Gasteiger partial charge in [0.05, 0.1) is 13.3 Å². The maximum absolute atomic E-state index is 12.4. The minimum Gasteiger partial charge on any atom is -0.493 e. The van der Waals surface area contributed by atoms with Gasteiger partial charge in [0, 0.05) is 6.42 Å². The molecule has 0 fully saturated rings. The van der Waals surface area contributed by atoms with Crippen LogP contribution in [-0.2, 0) is 0 Å². The van der Waals surface area contributed by atoms with Gasteiger partial charge in [-0.1, -0.05) is 0 Å². The normalized spacial score (nSPS) is 9.83. The molecule has 0 unspecified atom stereocenters. The summed E-state index contributed by atoms with van der Waals surface area (Å²) < 4.78 is 29.1. The van der Waals surface area contributed by atoms with E-state index in [1.807, 2.05) is 0 Å². The van der Waals surface area contributed by atoms with Crippen LogP contribution in [0.2, 0.25) is 0 Å². The van der Waals surface area contributed by atoms with E-state index in [-0.39, 0.29) is 12.5 Å². The molecule has 0 atom stereocenters. The average Bonchev–Trinajstić information content (AvgIpc) is 2.09. The van der Waals surface area contributed by atoms with Crippen molar-refractivity contribution in [2.45, 2.75) is 6.42 Å². The topological polar surface area (TPSA) is 9.23 Å². The van der Waals surface area contributed by atoms with Crippen molar-refractivity contribution in [1.29, 1.82) is 0 Å². The number of ether oxygens (including phenoxy) is 1. The second kappa shape index (κ2) is 4.70. The van der Waals surface area contributed by atoms with Gasteiger partial charge in [0.15, 0.2) is 0 Å². The molecule has 0 saturated carbocycles. The van der Waals surface area contributed by atoms with E-state index in [1.54, 1.807) is 0 Å². The molecule has 0 N–H and O–H groups in total. The fraction of sp³-hybridized carbons (Fsp3) is 0.333. The first-order valence-corrected chi connectivity index (χ1v) is 3.77. The van der Waals surface area contributed by atoms with Gasteiger partial charge in [-0.3, -0.25) is 4.39 Å². The van der Waals surface area contributed by atoms with Crippen LogP contribution < -0.4 is 4.74 Å². The molecular weight excluding hydrogens is 162 g/mol. The van der Waals surface area contributed by atoms with Crippen LogP contribution in [-0.4, -0.2) is 13.3 Å². The minimum absolute atomic E-state index is 0.298. The third-order valence-electron chi connectivity index (χ3n) is 1.36. The lowest BCUT2D eigenvalue weighted by molar-refractivity contribution is 0.289. The third-order valence-corrected chi connectivity index (χ3v) is 1.36. The van der Waals surface area contributed by atoms with Crippen LogP contribution >= 0.6 is 0 Å². The maximum atomic E-state index is 12.4. The summed E-state index contributed by atoms with van der Waals surface area (Å²) in [5.41, 5.74) is 0. The molecule has 3 heteroatoms. The molecule has 0 aromatic heterocycles. The predicted octanol–water partition coefficient (Wildman–Crippen LogP) is 2.56. The zero-order valence-electron chi connectivity index (χ0n) is 6.59. The summed E-state index contributed by atoms with van der Waals surface area (Å²) in [6.07, 6.45) is 0.372. The van der Waals surface area contributed by atoms with Gasteiger partial charge < -0.3 is 4.74 Å². The van der Waals surface area contributed by atoms with Crippen LogP contribution in [0.15, 0.2) is 24.3 Å². The lowest BCUT2D eigenvalue weighted by Crippen LogP contribution is -1.97. The quantitative estimate of drug-likeness (QED) is 0.634. The Hall–Kier alpha value is -1.12. The summed E-state index contributed by atoms with van der Waals surface area (Å²) in [6, 6.07) is 5.66. The lowest BCUT2D eigenvalue weighted by atomic mass is 10.3. The number of halogens is 2. The fourth-order valence-corrected chi connectivity index (χ4v) is 0.775. The highest BCUT2D eigenvalue weighted by atomic mass is 19.1. The molecule has 0 radical (unpaired) electrons. The van der Waals surface area contributed by atoms with Crippen LogP contribution in [0, 0.1) is 5.82 Å². The summed E-state index contributed by atoms with van der Waals surface area (Å²) in [6.45, 7) is -0.0523. The van der Waals surface area contributed by atoms with E-state index in [4.69, 9.17) is 4.74 Å². The Balaban J connectivity index is 2.37. The molecule has 0 bridgehead atoms. The Morgan fingerprint density at radius 3 is 2.42 bits per heavy atom. The number of hydrogen-bond donors (Lipinski definition) is 0. The molecule has 66 valence electrons.